The molecule has 4 N–H and O–H groups in total. The van der Waals surface area contributed by atoms with Gasteiger partial charge in [-0.15, -0.1) is 0 Å². The van der Waals surface area contributed by atoms with Crippen molar-refractivity contribution < 1.29 is 34.3 Å². The van der Waals surface area contributed by atoms with Crippen LogP contribution >= 0.6 is 0 Å². The molecule has 0 spiro atoms. The normalized spacial score (nSPS) is 31.5. The van der Waals surface area contributed by atoms with Crippen molar-refractivity contribution >= 4 is 11.8 Å². The summed E-state index contributed by atoms with van der Waals surface area (Å²) in [6.45, 7) is -0.499. The van der Waals surface area contributed by atoms with Gasteiger partial charge in [0.05, 0.1) is 6.61 Å². The van der Waals surface area contributed by atoms with E-state index in [2.05, 4.69) is 5.32 Å². The van der Waals surface area contributed by atoms with Crippen molar-refractivity contribution in [1.29, 1.82) is 0 Å². The summed E-state index contributed by atoms with van der Waals surface area (Å²) >= 11 is 0. The molecule has 0 radical (unpaired) electrons. The lowest BCUT2D eigenvalue weighted by Crippen LogP contribution is -2.60. The molecule has 0 bridgehead atoms. The van der Waals surface area contributed by atoms with E-state index in [4.69, 9.17) is 19.3 Å². The van der Waals surface area contributed by atoms with Crippen LogP contribution in [0.5, 0.6) is 0 Å². The SMILES string of the molecule is CO[C@H]1O[C@H](CO)[C@@H](O)[C@H](O)[C@H]1OC(=O)Nc1ccccc1. The van der Waals surface area contributed by atoms with E-state index in [1.54, 1.807) is 30.3 Å². The van der Waals surface area contributed by atoms with Gasteiger partial charge < -0.3 is 29.5 Å². The van der Waals surface area contributed by atoms with E-state index in [9.17, 15) is 15.0 Å². The standard InChI is InChI=1S/C14H19NO7/c1-20-13-12(11(18)10(17)9(7-16)21-13)22-14(19)15-8-5-3-2-4-6-8/h2-6,9-13,16-18H,7H2,1H3,(H,15,19)/t9-,10-,11+,12-,13+/m1/s1. The third-order valence-corrected chi connectivity index (χ3v) is 3.32. The molecule has 1 aromatic rings. The smallest absolute Gasteiger partial charge is 0.412 e. The zero-order valence-corrected chi connectivity index (χ0v) is 12.0. The van der Waals surface area contributed by atoms with Crippen LogP contribution in [0.1, 0.15) is 0 Å². The Morgan fingerprint density at radius 3 is 2.55 bits per heavy atom. The Kier molecular flexibility index (Phi) is 5.69. The Hall–Kier alpha value is -1.71. The summed E-state index contributed by atoms with van der Waals surface area (Å²) in [5.74, 6) is 0. The first-order valence-electron chi connectivity index (χ1n) is 6.74. The number of rotatable bonds is 4. The predicted octanol–water partition coefficient (Wildman–Crippen LogP) is -0.311. The summed E-state index contributed by atoms with van der Waals surface area (Å²) < 4.78 is 15.3. The van der Waals surface area contributed by atoms with Gasteiger partial charge in [0.1, 0.15) is 18.3 Å². The number of hydrogen-bond acceptors (Lipinski definition) is 7. The van der Waals surface area contributed by atoms with E-state index in [0.717, 1.165) is 0 Å². The molecular formula is C14H19NO7. The Bertz CT molecular complexity index is 481. The van der Waals surface area contributed by atoms with Gasteiger partial charge >= 0.3 is 6.09 Å². The number of para-hydroxylation sites is 1. The molecule has 1 saturated heterocycles. The third-order valence-electron chi connectivity index (χ3n) is 3.32. The minimum atomic E-state index is -1.45. The summed E-state index contributed by atoms with van der Waals surface area (Å²) in [7, 11) is 1.30. The van der Waals surface area contributed by atoms with E-state index >= 15 is 0 Å². The average Bonchev–Trinajstić information content (AvgIpc) is 2.53. The lowest BCUT2D eigenvalue weighted by atomic mass is 9.99. The second kappa shape index (κ2) is 7.52. The number of aliphatic hydroxyl groups excluding tert-OH is 3. The van der Waals surface area contributed by atoms with Crippen LogP contribution in [0.15, 0.2) is 30.3 Å². The highest BCUT2D eigenvalue weighted by molar-refractivity contribution is 5.84. The number of anilines is 1. The summed E-state index contributed by atoms with van der Waals surface area (Å²) in [5.41, 5.74) is 0.515. The van der Waals surface area contributed by atoms with Crippen LogP contribution in [0, 0.1) is 0 Å². The van der Waals surface area contributed by atoms with E-state index in [0.29, 0.717) is 5.69 Å². The number of carbonyl (C=O) groups is 1. The summed E-state index contributed by atoms with van der Waals surface area (Å²) in [4.78, 5) is 11.9. The van der Waals surface area contributed by atoms with Gasteiger partial charge in [0.15, 0.2) is 12.4 Å². The van der Waals surface area contributed by atoms with E-state index in [-0.39, 0.29) is 0 Å². The molecule has 122 valence electrons. The van der Waals surface area contributed by atoms with Gasteiger partial charge in [-0.05, 0) is 12.1 Å². The fourth-order valence-corrected chi connectivity index (χ4v) is 2.16. The minimum Gasteiger partial charge on any atom is -0.438 e. The molecule has 0 aromatic heterocycles. The van der Waals surface area contributed by atoms with Gasteiger partial charge in [-0.2, -0.15) is 0 Å². The Morgan fingerprint density at radius 2 is 1.95 bits per heavy atom. The monoisotopic (exact) mass is 313 g/mol. The largest absolute Gasteiger partial charge is 0.438 e. The topological polar surface area (TPSA) is 117 Å². The van der Waals surface area contributed by atoms with Crippen LogP contribution < -0.4 is 5.32 Å². The molecule has 0 aliphatic carbocycles. The maximum Gasteiger partial charge on any atom is 0.412 e. The summed E-state index contributed by atoms with van der Waals surface area (Å²) in [6, 6.07) is 8.60. The molecule has 5 atom stereocenters. The molecule has 22 heavy (non-hydrogen) atoms. The summed E-state index contributed by atoms with van der Waals surface area (Å²) in [5, 5.41) is 31.4. The van der Waals surface area contributed by atoms with Gasteiger partial charge in [0.25, 0.3) is 0 Å². The highest BCUT2D eigenvalue weighted by Crippen LogP contribution is 2.24. The molecule has 1 fully saturated rings. The number of hydrogen-bond donors (Lipinski definition) is 4. The molecule has 1 heterocycles. The number of amides is 1. The molecule has 8 nitrogen and oxygen atoms in total. The van der Waals surface area contributed by atoms with Gasteiger partial charge in [0.2, 0.25) is 0 Å². The highest BCUT2D eigenvalue weighted by Gasteiger charge is 2.46. The van der Waals surface area contributed by atoms with Gasteiger partial charge in [0, 0.05) is 12.8 Å². The van der Waals surface area contributed by atoms with Gasteiger partial charge in [-0.1, -0.05) is 18.2 Å². The van der Waals surface area contributed by atoms with Crippen molar-refractivity contribution in [3.05, 3.63) is 30.3 Å². The lowest BCUT2D eigenvalue weighted by molar-refractivity contribution is -0.292. The zero-order chi connectivity index (χ0) is 16.1. The molecule has 1 aromatic carbocycles. The number of benzene rings is 1. The van der Waals surface area contributed by atoms with E-state index < -0.39 is 43.4 Å². The van der Waals surface area contributed by atoms with Gasteiger partial charge in [-0.25, -0.2) is 4.79 Å². The fraction of sp³-hybridized carbons (Fsp3) is 0.500. The zero-order valence-electron chi connectivity index (χ0n) is 12.0. The van der Waals surface area contributed by atoms with Crippen molar-refractivity contribution in [2.75, 3.05) is 19.0 Å². The number of aliphatic hydroxyl groups is 3. The summed E-state index contributed by atoms with van der Waals surface area (Å²) in [6.07, 6.45) is -7.01. The minimum absolute atomic E-state index is 0.499. The van der Waals surface area contributed by atoms with Crippen molar-refractivity contribution in [3.8, 4) is 0 Å². The van der Waals surface area contributed by atoms with Crippen molar-refractivity contribution in [3.63, 3.8) is 0 Å². The molecule has 0 saturated carbocycles. The van der Waals surface area contributed by atoms with Crippen LogP contribution in [0.25, 0.3) is 0 Å². The molecule has 8 heteroatoms. The van der Waals surface area contributed by atoms with Crippen molar-refractivity contribution in [2.45, 2.75) is 30.7 Å². The number of nitrogens with one attached hydrogen (secondary N) is 1. The highest BCUT2D eigenvalue weighted by atomic mass is 16.7. The first kappa shape index (κ1) is 16.7. The van der Waals surface area contributed by atoms with Crippen LogP contribution in [-0.4, -0.2) is 65.8 Å². The first-order chi connectivity index (χ1) is 10.6. The maximum atomic E-state index is 11.9. The predicted molar refractivity (Wildman–Crippen MR) is 75.1 cm³/mol. The molecular weight excluding hydrogens is 294 g/mol. The molecule has 1 aliphatic heterocycles. The lowest BCUT2D eigenvalue weighted by Gasteiger charge is -2.40. The number of ether oxygens (including phenoxy) is 3. The molecule has 0 unspecified atom stereocenters. The first-order valence-corrected chi connectivity index (χ1v) is 6.74. The molecule has 1 aliphatic rings. The van der Waals surface area contributed by atoms with Crippen LogP contribution in [0.4, 0.5) is 10.5 Å². The Balaban J connectivity index is 2.01. The van der Waals surface area contributed by atoms with E-state index in [1.165, 1.54) is 7.11 Å². The van der Waals surface area contributed by atoms with Gasteiger partial charge in [-0.3, -0.25) is 5.32 Å². The Labute approximate surface area is 127 Å². The second-order valence-corrected chi connectivity index (χ2v) is 4.80. The second-order valence-electron chi connectivity index (χ2n) is 4.80. The number of methoxy groups -OCH3 is 1. The molecule has 2 rings (SSSR count). The number of carbonyl (C=O) groups excluding carboxylic acids is 1. The Morgan fingerprint density at radius 1 is 1.27 bits per heavy atom. The average molecular weight is 313 g/mol. The fourth-order valence-electron chi connectivity index (χ4n) is 2.16. The van der Waals surface area contributed by atoms with Crippen molar-refractivity contribution in [2.24, 2.45) is 0 Å². The van der Waals surface area contributed by atoms with E-state index in [1.807, 2.05) is 0 Å². The van der Waals surface area contributed by atoms with Crippen molar-refractivity contribution in [1.82, 2.24) is 0 Å². The molecule has 1 amide bonds. The van der Waals surface area contributed by atoms with Crippen LogP contribution in [-0.2, 0) is 14.2 Å². The van der Waals surface area contributed by atoms with Crippen LogP contribution in [0.2, 0.25) is 0 Å². The maximum absolute atomic E-state index is 11.9. The third kappa shape index (κ3) is 3.73. The van der Waals surface area contributed by atoms with Crippen LogP contribution in [0.3, 0.4) is 0 Å². The quantitative estimate of drug-likeness (QED) is 0.602.